The molecule has 0 saturated carbocycles. The standard InChI is InChI=1S/C13H27NO.C9H10O2/c1-2-3-4-5-6-7-8-9-10-11-12-13(14)15;10-9(11)7-6-8-4-2-1-3-5-8/h2-12H2,1H3,(H2,14,15);1-5H,6-7H2,(H,10,11). The predicted octanol–water partition coefficient (Wildman–Crippen LogP) is 5.49. The third-order valence-electron chi connectivity index (χ3n) is 4.25. The summed E-state index contributed by atoms with van der Waals surface area (Å²) in [7, 11) is 0. The molecule has 0 unspecified atom stereocenters. The molecule has 0 aliphatic heterocycles. The van der Waals surface area contributed by atoms with Gasteiger partial charge in [-0.2, -0.15) is 0 Å². The van der Waals surface area contributed by atoms with Crippen LogP contribution in [-0.2, 0) is 16.0 Å². The van der Waals surface area contributed by atoms with Crippen LogP contribution < -0.4 is 5.73 Å². The lowest BCUT2D eigenvalue weighted by Gasteiger charge is -2.01. The highest BCUT2D eigenvalue weighted by atomic mass is 16.4. The van der Waals surface area contributed by atoms with Gasteiger partial charge in [0.2, 0.25) is 5.91 Å². The number of rotatable bonds is 14. The van der Waals surface area contributed by atoms with Crippen molar-refractivity contribution in [1.82, 2.24) is 0 Å². The second kappa shape index (κ2) is 18.0. The van der Waals surface area contributed by atoms with Crippen LogP contribution in [0.5, 0.6) is 0 Å². The van der Waals surface area contributed by atoms with Gasteiger partial charge in [-0.3, -0.25) is 9.59 Å². The molecule has 0 aliphatic rings. The van der Waals surface area contributed by atoms with Crippen molar-refractivity contribution < 1.29 is 14.7 Å². The first-order valence-corrected chi connectivity index (χ1v) is 10.1. The van der Waals surface area contributed by atoms with E-state index in [4.69, 9.17) is 10.8 Å². The number of carboxylic acids is 1. The second-order valence-corrected chi connectivity index (χ2v) is 6.78. The molecule has 0 spiro atoms. The zero-order valence-electron chi connectivity index (χ0n) is 16.4. The number of carboxylic acid groups (broad SMARTS) is 1. The van der Waals surface area contributed by atoms with Gasteiger partial charge in [-0.05, 0) is 18.4 Å². The molecule has 1 rings (SSSR count). The van der Waals surface area contributed by atoms with Gasteiger partial charge in [0.05, 0.1) is 0 Å². The molecule has 1 aromatic carbocycles. The van der Waals surface area contributed by atoms with Gasteiger partial charge in [0.1, 0.15) is 0 Å². The molecule has 1 aromatic rings. The number of aryl methyl sites for hydroxylation is 1. The normalized spacial score (nSPS) is 10.0. The molecule has 0 atom stereocenters. The van der Waals surface area contributed by atoms with Gasteiger partial charge in [0.15, 0.2) is 0 Å². The van der Waals surface area contributed by atoms with Gasteiger partial charge < -0.3 is 10.8 Å². The number of hydrogen-bond donors (Lipinski definition) is 2. The van der Waals surface area contributed by atoms with E-state index in [0.29, 0.717) is 12.8 Å². The van der Waals surface area contributed by atoms with Crippen molar-refractivity contribution in [2.24, 2.45) is 5.73 Å². The number of primary amides is 1. The first-order valence-electron chi connectivity index (χ1n) is 10.1. The smallest absolute Gasteiger partial charge is 0.303 e. The molecule has 0 radical (unpaired) electrons. The maximum Gasteiger partial charge on any atom is 0.303 e. The van der Waals surface area contributed by atoms with Crippen LogP contribution in [-0.4, -0.2) is 17.0 Å². The molecule has 4 nitrogen and oxygen atoms in total. The number of carbonyl (C=O) groups is 2. The third kappa shape index (κ3) is 18.5. The summed E-state index contributed by atoms with van der Waals surface area (Å²) in [6.07, 6.45) is 14.4. The molecule has 4 heteroatoms. The Labute approximate surface area is 159 Å². The van der Waals surface area contributed by atoms with E-state index in [-0.39, 0.29) is 12.3 Å². The summed E-state index contributed by atoms with van der Waals surface area (Å²) in [4.78, 5) is 20.6. The zero-order chi connectivity index (χ0) is 19.5. The van der Waals surface area contributed by atoms with Gasteiger partial charge in [0.25, 0.3) is 0 Å². The summed E-state index contributed by atoms with van der Waals surface area (Å²) >= 11 is 0. The highest BCUT2D eigenvalue weighted by Gasteiger charge is 1.97. The molecule has 26 heavy (non-hydrogen) atoms. The zero-order valence-corrected chi connectivity index (χ0v) is 16.4. The summed E-state index contributed by atoms with van der Waals surface area (Å²) in [5.74, 6) is -0.900. The molecule has 1 amide bonds. The average Bonchev–Trinajstić information content (AvgIpc) is 2.63. The number of amides is 1. The fourth-order valence-electron chi connectivity index (χ4n) is 2.68. The summed E-state index contributed by atoms with van der Waals surface area (Å²) in [5.41, 5.74) is 6.14. The molecule has 148 valence electrons. The summed E-state index contributed by atoms with van der Waals surface area (Å²) in [6.45, 7) is 2.25. The molecule has 3 N–H and O–H groups in total. The van der Waals surface area contributed by atoms with Gasteiger partial charge in [-0.25, -0.2) is 0 Å². The fourth-order valence-corrected chi connectivity index (χ4v) is 2.68. The van der Waals surface area contributed by atoms with Crippen LogP contribution in [0.3, 0.4) is 0 Å². The van der Waals surface area contributed by atoms with E-state index < -0.39 is 5.97 Å². The number of carbonyl (C=O) groups excluding carboxylic acids is 1. The van der Waals surface area contributed by atoms with Crippen molar-refractivity contribution in [3.05, 3.63) is 35.9 Å². The van der Waals surface area contributed by atoms with Crippen molar-refractivity contribution in [3.63, 3.8) is 0 Å². The van der Waals surface area contributed by atoms with Crippen LogP contribution in [0.2, 0.25) is 0 Å². The van der Waals surface area contributed by atoms with E-state index in [1.165, 1.54) is 51.4 Å². The number of benzene rings is 1. The number of aliphatic carboxylic acids is 1. The molecule has 0 fully saturated rings. The number of hydrogen-bond acceptors (Lipinski definition) is 2. The lowest BCUT2D eigenvalue weighted by molar-refractivity contribution is -0.137. The quantitative estimate of drug-likeness (QED) is 0.429. The maximum atomic E-state index is 10.5. The summed E-state index contributed by atoms with van der Waals surface area (Å²) < 4.78 is 0. The Hall–Kier alpha value is -1.84. The Morgan fingerprint density at radius 2 is 1.31 bits per heavy atom. The van der Waals surface area contributed by atoms with E-state index >= 15 is 0 Å². The van der Waals surface area contributed by atoms with Crippen LogP contribution in [0.4, 0.5) is 0 Å². The Bertz CT molecular complexity index is 460. The molecule has 0 saturated heterocycles. The van der Waals surface area contributed by atoms with Gasteiger partial charge in [0, 0.05) is 12.8 Å². The first-order chi connectivity index (χ1) is 12.6. The summed E-state index contributed by atoms with van der Waals surface area (Å²) in [6, 6.07) is 9.62. The Balaban J connectivity index is 0.000000502. The van der Waals surface area contributed by atoms with Crippen molar-refractivity contribution in [2.45, 2.75) is 90.4 Å². The minimum Gasteiger partial charge on any atom is -0.481 e. The fraction of sp³-hybridized carbons (Fsp3) is 0.636. The molecule has 0 aromatic heterocycles. The van der Waals surface area contributed by atoms with E-state index in [2.05, 4.69) is 6.92 Å². The lowest BCUT2D eigenvalue weighted by Crippen LogP contribution is -2.09. The van der Waals surface area contributed by atoms with Crippen LogP contribution in [0.25, 0.3) is 0 Å². The second-order valence-electron chi connectivity index (χ2n) is 6.78. The highest BCUT2D eigenvalue weighted by molar-refractivity contribution is 5.73. The minimum atomic E-state index is -0.742. The minimum absolute atomic E-state index is 0.158. The van der Waals surface area contributed by atoms with E-state index in [0.717, 1.165) is 18.4 Å². The van der Waals surface area contributed by atoms with E-state index in [1.54, 1.807) is 0 Å². The Kier molecular flexibility index (Phi) is 16.7. The molecular weight excluding hydrogens is 326 g/mol. The highest BCUT2D eigenvalue weighted by Crippen LogP contribution is 2.10. The molecular formula is C22H37NO3. The van der Waals surface area contributed by atoms with E-state index in [1.807, 2.05) is 30.3 Å². The predicted molar refractivity (Wildman–Crippen MR) is 108 cm³/mol. The van der Waals surface area contributed by atoms with Gasteiger partial charge >= 0.3 is 5.97 Å². The largest absolute Gasteiger partial charge is 0.481 e. The lowest BCUT2D eigenvalue weighted by atomic mass is 10.1. The first kappa shape index (κ1) is 24.2. The SMILES string of the molecule is CCCCCCCCCCCCC(N)=O.O=C(O)CCc1ccccc1. The van der Waals surface area contributed by atoms with Crippen molar-refractivity contribution in [1.29, 1.82) is 0 Å². The monoisotopic (exact) mass is 363 g/mol. The van der Waals surface area contributed by atoms with Crippen LogP contribution in [0.15, 0.2) is 30.3 Å². The molecule has 0 bridgehead atoms. The summed E-state index contributed by atoms with van der Waals surface area (Å²) in [5, 5.41) is 8.37. The Morgan fingerprint density at radius 1 is 0.808 bits per heavy atom. The number of nitrogens with two attached hydrogens (primary N) is 1. The maximum absolute atomic E-state index is 10.5. The van der Waals surface area contributed by atoms with Crippen LogP contribution in [0, 0.1) is 0 Å². The van der Waals surface area contributed by atoms with Crippen LogP contribution >= 0.6 is 0 Å². The Morgan fingerprint density at radius 3 is 1.77 bits per heavy atom. The topological polar surface area (TPSA) is 80.4 Å². The number of unbranched alkanes of at least 4 members (excludes halogenated alkanes) is 9. The van der Waals surface area contributed by atoms with Crippen molar-refractivity contribution >= 4 is 11.9 Å². The third-order valence-corrected chi connectivity index (χ3v) is 4.25. The van der Waals surface area contributed by atoms with Crippen molar-refractivity contribution in [2.75, 3.05) is 0 Å². The van der Waals surface area contributed by atoms with Gasteiger partial charge in [-0.1, -0.05) is 95.0 Å². The van der Waals surface area contributed by atoms with Crippen LogP contribution in [0.1, 0.15) is 89.5 Å². The van der Waals surface area contributed by atoms with E-state index in [9.17, 15) is 9.59 Å². The van der Waals surface area contributed by atoms with Crippen molar-refractivity contribution in [3.8, 4) is 0 Å². The van der Waals surface area contributed by atoms with Gasteiger partial charge in [-0.15, -0.1) is 0 Å². The molecule has 0 heterocycles. The average molecular weight is 364 g/mol. The molecule has 0 aliphatic carbocycles.